The van der Waals surface area contributed by atoms with Gasteiger partial charge in [-0.25, -0.2) is 9.97 Å². The fraction of sp³-hybridized carbons (Fsp3) is 0.429. The van der Waals surface area contributed by atoms with Crippen molar-refractivity contribution in [3.63, 3.8) is 0 Å². The van der Waals surface area contributed by atoms with Crippen molar-refractivity contribution < 1.29 is 0 Å². The first kappa shape index (κ1) is 18.2. The summed E-state index contributed by atoms with van der Waals surface area (Å²) < 4.78 is 1.21. The van der Waals surface area contributed by atoms with Crippen molar-refractivity contribution in [3.05, 3.63) is 42.1 Å². The lowest BCUT2D eigenvalue weighted by atomic mass is 10.2. The number of nitrogens with zero attached hydrogens (tertiary/aromatic N) is 4. The van der Waals surface area contributed by atoms with Gasteiger partial charge in [0.05, 0.1) is 10.2 Å². The van der Waals surface area contributed by atoms with E-state index in [0.29, 0.717) is 0 Å². The number of nitrogens with one attached hydrogen (secondary N) is 1. The molecule has 0 amide bonds. The Bertz CT molecular complexity index is 898. The average molecular weight is 382 g/mol. The van der Waals surface area contributed by atoms with E-state index in [-0.39, 0.29) is 0 Å². The lowest BCUT2D eigenvalue weighted by molar-refractivity contribution is 0.254. The second-order valence-corrected chi connectivity index (χ2v) is 8.23. The van der Waals surface area contributed by atoms with E-state index in [9.17, 15) is 0 Å². The summed E-state index contributed by atoms with van der Waals surface area (Å²) in [6, 6.07) is 10.6. The van der Waals surface area contributed by atoms with Gasteiger partial charge in [0.1, 0.15) is 5.82 Å². The number of pyridine rings is 1. The van der Waals surface area contributed by atoms with Crippen LogP contribution in [0.5, 0.6) is 0 Å². The van der Waals surface area contributed by atoms with Crippen LogP contribution in [0.25, 0.3) is 10.2 Å². The predicted molar refractivity (Wildman–Crippen MR) is 115 cm³/mol. The molecule has 6 heteroatoms. The van der Waals surface area contributed by atoms with Crippen LogP contribution in [0.4, 0.5) is 16.6 Å². The van der Waals surface area contributed by atoms with Gasteiger partial charge in [-0.3, -0.25) is 4.90 Å². The number of unbranched alkanes of at least 4 members (excludes halogenated alkanes) is 1. The van der Waals surface area contributed by atoms with E-state index in [0.717, 1.165) is 42.6 Å². The SMILES string of the molecule is CCCCN1CCN(c2ccnc(Nc3nc4ccc(C)cc4s3)c2)CC1. The number of hydrogen-bond acceptors (Lipinski definition) is 6. The van der Waals surface area contributed by atoms with Crippen molar-refractivity contribution in [1.82, 2.24) is 14.9 Å². The van der Waals surface area contributed by atoms with Gasteiger partial charge in [0, 0.05) is 44.1 Å². The molecule has 5 nitrogen and oxygen atoms in total. The molecular weight excluding hydrogens is 354 g/mol. The second-order valence-electron chi connectivity index (χ2n) is 7.20. The minimum Gasteiger partial charge on any atom is -0.369 e. The Kier molecular flexibility index (Phi) is 5.55. The highest BCUT2D eigenvalue weighted by molar-refractivity contribution is 7.22. The Morgan fingerprint density at radius 1 is 1.11 bits per heavy atom. The number of benzene rings is 1. The van der Waals surface area contributed by atoms with E-state index >= 15 is 0 Å². The highest BCUT2D eigenvalue weighted by Crippen LogP contribution is 2.29. The molecule has 1 N–H and O–H groups in total. The average Bonchev–Trinajstić information content (AvgIpc) is 3.08. The number of fused-ring (bicyclic) bond motifs is 1. The normalized spacial score (nSPS) is 15.4. The maximum absolute atomic E-state index is 4.68. The molecule has 0 spiro atoms. The molecule has 3 aromatic rings. The smallest absolute Gasteiger partial charge is 0.189 e. The number of anilines is 3. The summed E-state index contributed by atoms with van der Waals surface area (Å²) in [6.07, 6.45) is 4.45. The van der Waals surface area contributed by atoms with Gasteiger partial charge in [-0.15, -0.1) is 0 Å². The molecule has 1 aromatic carbocycles. The molecular formula is C21H27N5S. The third-order valence-electron chi connectivity index (χ3n) is 5.09. The molecule has 142 valence electrons. The van der Waals surface area contributed by atoms with Crippen molar-refractivity contribution in [3.8, 4) is 0 Å². The fourth-order valence-corrected chi connectivity index (χ4v) is 4.46. The molecule has 0 saturated carbocycles. The minimum atomic E-state index is 0.858. The van der Waals surface area contributed by atoms with Crippen molar-refractivity contribution in [2.45, 2.75) is 26.7 Å². The van der Waals surface area contributed by atoms with E-state index in [1.165, 1.54) is 35.3 Å². The van der Waals surface area contributed by atoms with Crippen molar-refractivity contribution in [1.29, 1.82) is 0 Å². The topological polar surface area (TPSA) is 44.3 Å². The van der Waals surface area contributed by atoms with Crippen LogP contribution >= 0.6 is 11.3 Å². The largest absolute Gasteiger partial charge is 0.369 e. The molecule has 2 aromatic heterocycles. The van der Waals surface area contributed by atoms with Gasteiger partial charge in [-0.1, -0.05) is 30.7 Å². The van der Waals surface area contributed by atoms with E-state index < -0.39 is 0 Å². The van der Waals surface area contributed by atoms with Gasteiger partial charge in [0.15, 0.2) is 5.13 Å². The quantitative estimate of drug-likeness (QED) is 0.672. The maximum atomic E-state index is 4.68. The first-order chi connectivity index (χ1) is 13.2. The number of aryl methyl sites for hydroxylation is 1. The first-order valence-electron chi connectivity index (χ1n) is 9.79. The zero-order valence-corrected chi connectivity index (χ0v) is 16.9. The van der Waals surface area contributed by atoms with Crippen LogP contribution < -0.4 is 10.2 Å². The number of aromatic nitrogens is 2. The van der Waals surface area contributed by atoms with Gasteiger partial charge in [-0.05, 0) is 43.7 Å². The van der Waals surface area contributed by atoms with E-state index in [1.54, 1.807) is 11.3 Å². The highest BCUT2D eigenvalue weighted by Gasteiger charge is 2.17. The van der Waals surface area contributed by atoms with Crippen molar-refractivity contribution >= 4 is 38.2 Å². The van der Waals surface area contributed by atoms with E-state index in [4.69, 9.17) is 0 Å². The van der Waals surface area contributed by atoms with Crippen LogP contribution in [-0.4, -0.2) is 47.6 Å². The summed E-state index contributed by atoms with van der Waals surface area (Å²) in [5, 5.41) is 4.28. The maximum Gasteiger partial charge on any atom is 0.189 e. The Morgan fingerprint density at radius 3 is 2.78 bits per heavy atom. The van der Waals surface area contributed by atoms with Crippen LogP contribution in [0, 0.1) is 6.92 Å². The minimum absolute atomic E-state index is 0.858. The third kappa shape index (κ3) is 4.39. The van der Waals surface area contributed by atoms with E-state index in [2.05, 4.69) is 69.3 Å². The standard InChI is InChI=1S/C21H27N5S/c1-3-4-9-25-10-12-26(13-11-25)17-7-8-22-20(15-17)24-21-23-18-6-5-16(2)14-19(18)27-21/h5-8,14-15H,3-4,9-13H2,1-2H3,(H,22,23,24). The summed E-state index contributed by atoms with van der Waals surface area (Å²) in [5.74, 6) is 0.858. The van der Waals surface area contributed by atoms with Crippen LogP contribution in [0.3, 0.4) is 0 Å². The molecule has 1 aliphatic rings. The third-order valence-corrected chi connectivity index (χ3v) is 6.02. The highest BCUT2D eigenvalue weighted by atomic mass is 32.1. The van der Waals surface area contributed by atoms with Crippen LogP contribution in [0.1, 0.15) is 25.3 Å². The van der Waals surface area contributed by atoms with Crippen molar-refractivity contribution in [2.24, 2.45) is 0 Å². The molecule has 0 aliphatic carbocycles. The number of rotatable bonds is 6. The summed E-state index contributed by atoms with van der Waals surface area (Å²) in [6.45, 7) is 10.0. The van der Waals surface area contributed by atoms with E-state index in [1.807, 2.05) is 6.20 Å². The fourth-order valence-electron chi connectivity index (χ4n) is 3.49. The van der Waals surface area contributed by atoms with Gasteiger partial charge in [0.25, 0.3) is 0 Å². The zero-order valence-electron chi connectivity index (χ0n) is 16.1. The van der Waals surface area contributed by atoms with Crippen molar-refractivity contribution in [2.75, 3.05) is 42.9 Å². The molecule has 1 saturated heterocycles. The molecule has 0 unspecified atom stereocenters. The summed E-state index contributed by atoms with van der Waals surface area (Å²) >= 11 is 1.67. The Balaban J connectivity index is 1.43. The van der Waals surface area contributed by atoms with Gasteiger partial charge < -0.3 is 10.2 Å². The molecule has 4 rings (SSSR count). The first-order valence-corrected chi connectivity index (χ1v) is 10.6. The molecule has 3 heterocycles. The number of thiazole rings is 1. The summed E-state index contributed by atoms with van der Waals surface area (Å²) in [4.78, 5) is 14.2. The zero-order chi connectivity index (χ0) is 18.6. The Morgan fingerprint density at radius 2 is 1.96 bits per heavy atom. The Labute approximate surface area is 165 Å². The lowest BCUT2D eigenvalue weighted by Crippen LogP contribution is -2.46. The predicted octanol–water partition coefficient (Wildman–Crippen LogP) is 4.67. The molecule has 0 atom stereocenters. The lowest BCUT2D eigenvalue weighted by Gasteiger charge is -2.36. The van der Waals surface area contributed by atoms with Gasteiger partial charge in [-0.2, -0.15) is 0 Å². The Hall–Kier alpha value is -2.18. The molecule has 0 bridgehead atoms. The molecule has 27 heavy (non-hydrogen) atoms. The number of hydrogen-bond donors (Lipinski definition) is 1. The summed E-state index contributed by atoms with van der Waals surface area (Å²) in [7, 11) is 0. The van der Waals surface area contributed by atoms with Crippen LogP contribution in [0.2, 0.25) is 0 Å². The monoisotopic (exact) mass is 381 g/mol. The van der Waals surface area contributed by atoms with Crippen LogP contribution in [-0.2, 0) is 0 Å². The number of piperazine rings is 1. The molecule has 0 radical (unpaired) electrons. The second kappa shape index (κ2) is 8.23. The summed E-state index contributed by atoms with van der Waals surface area (Å²) in [5.41, 5.74) is 3.53. The van der Waals surface area contributed by atoms with Gasteiger partial charge in [0.2, 0.25) is 0 Å². The van der Waals surface area contributed by atoms with Crippen LogP contribution in [0.15, 0.2) is 36.5 Å². The van der Waals surface area contributed by atoms with Gasteiger partial charge >= 0.3 is 0 Å². The molecule has 1 aliphatic heterocycles. The molecule has 1 fully saturated rings.